The Bertz CT molecular complexity index is 402. The molecule has 1 rings (SSSR count). The zero-order chi connectivity index (χ0) is 13.0. The van der Waals surface area contributed by atoms with Gasteiger partial charge in [-0.1, -0.05) is 13.8 Å². The SMILES string of the molecule is CC(C)CC(Cc1cc(F)ccc1F)C(=O)O. The van der Waals surface area contributed by atoms with E-state index in [1.165, 1.54) is 0 Å². The summed E-state index contributed by atoms with van der Waals surface area (Å²) in [7, 11) is 0. The Hall–Kier alpha value is -1.45. The van der Waals surface area contributed by atoms with E-state index in [2.05, 4.69) is 0 Å². The normalized spacial score (nSPS) is 12.8. The van der Waals surface area contributed by atoms with Crippen LogP contribution in [0.15, 0.2) is 18.2 Å². The number of halogens is 2. The van der Waals surface area contributed by atoms with Crippen LogP contribution in [0.4, 0.5) is 8.78 Å². The van der Waals surface area contributed by atoms with E-state index < -0.39 is 23.5 Å². The van der Waals surface area contributed by atoms with E-state index in [1.54, 1.807) is 0 Å². The van der Waals surface area contributed by atoms with Gasteiger partial charge in [-0.15, -0.1) is 0 Å². The zero-order valence-corrected chi connectivity index (χ0v) is 9.91. The summed E-state index contributed by atoms with van der Waals surface area (Å²) in [5.41, 5.74) is 0.123. The lowest BCUT2D eigenvalue weighted by Crippen LogP contribution is -2.19. The Kier molecular flexibility index (Phi) is 4.61. The van der Waals surface area contributed by atoms with Crippen LogP contribution >= 0.6 is 0 Å². The van der Waals surface area contributed by atoms with Crippen molar-refractivity contribution in [2.45, 2.75) is 26.7 Å². The molecular formula is C13H16F2O2. The molecule has 0 aliphatic carbocycles. The molecule has 0 bridgehead atoms. The summed E-state index contributed by atoms with van der Waals surface area (Å²) in [6.07, 6.45) is 0.475. The highest BCUT2D eigenvalue weighted by Gasteiger charge is 2.21. The molecule has 94 valence electrons. The summed E-state index contributed by atoms with van der Waals surface area (Å²) in [5, 5.41) is 9.03. The van der Waals surface area contributed by atoms with E-state index >= 15 is 0 Å². The Morgan fingerprint density at radius 3 is 2.53 bits per heavy atom. The second-order valence-electron chi connectivity index (χ2n) is 4.60. The van der Waals surface area contributed by atoms with Gasteiger partial charge in [0.2, 0.25) is 0 Å². The van der Waals surface area contributed by atoms with Crippen molar-refractivity contribution in [3.63, 3.8) is 0 Å². The maximum absolute atomic E-state index is 13.4. The van der Waals surface area contributed by atoms with Crippen molar-refractivity contribution in [3.8, 4) is 0 Å². The van der Waals surface area contributed by atoms with Crippen molar-refractivity contribution in [3.05, 3.63) is 35.4 Å². The van der Waals surface area contributed by atoms with Gasteiger partial charge in [-0.05, 0) is 42.5 Å². The van der Waals surface area contributed by atoms with E-state index in [-0.39, 0.29) is 17.9 Å². The van der Waals surface area contributed by atoms with Crippen molar-refractivity contribution in [1.82, 2.24) is 0 Å². The molecule has 0 saturated carbocycles. The first-order valence-electron chi connectivity index (χ1n) is 5.57. The highest BCUT2D eigenvalue weighted by atomic mass is 19.1. The second-order valence-corrected chi connectivity index (χ2v) is 4.60. The highest BCUT2D eigenvalue weighted by molar-refractivity contribution is 5.70. The van der Waals surface area contributed by atoms with Gasteiger partial charge in [0.25, 0.3) is 0 Å². The fourth-order valence-electron chi connectivity index (χ4n) is 1.81. The van der Waals surface area contributed by atoms with Crippen LogP contribution < -0.4 is 0 Å². The molecule has 0 fully saturated rings. The van der Waals surface area contributed by atoms with E-state index in [0.717, 1.165) is 18.2 Å². The van der Waals surface area contributed by atoms with Crippen molar-refractivity contribution in [2.75, 3.05) is 0 Å². The number of rotatable bonds is 5. The third kappa shape index (κ3) is 4.13. The van der Waals surface area contributed by atoms with Crippen LogP contribution in [-0.4, -0.2) is 11.1 Å². The number of benzene rings is 1. The van der Waals surface area contributed by atoms with E-state index in [4.69, 9.17) is 5.11 Å². The molecule has 1 aromatic rings. The van der Waals surface area contributed by atoms with Crippen LogP contribution in [0.25, 0.3) is 0 Å². The molecular weight excluding hydrogens is 226 g/mol. The van der Waals surface area contributed by atoms with Gasteiger partial charge in [0.15, 0.2) is 0 Å². The maximum atomic E-state index is 13.4. The number of carboxylic acid groups (broad SMARTS) is 1. The molecule has 0 aliphatic rings. The lowest BCUT2D eigenvalue weighted by molar-refractivity contribution is -0.142. The van der Waals surface area contributed by atoms with Crippen LogP contribution in [0.2, 0.25) is 0 Å². The van der Waals surface area contributed by atoms with Gasteiger partial charge in [0, 0.05) is 0 Å². The third-order valence-electron chi connectivity index (χ3n) is 2.58. The first kappa shape index (κ1) is 13.6. The van der Waals surface area contributed by atoms with Gasteiger partial charge in [0.05, 0.1) is 5.92 Å². The summed E-state index contributed by atoms with van der Waals surface area (Å²) in [4.78, 5) is 11.0. The van der Waals surface area contributed by atoms with Crippen LogP contribution in [-0.2, 0) is 11.2 Å². The second kappa shape index (κ2) is 5.75. The zero-order valence-electron chi connectivity index (χ0n) is 9.91. The molecule has 0 aliphatic heterocycles. The molecule has 1 atom stereocenters. The van der Waals surface area contributed by atoms with Gasteiger partial charge in [-0.3, -0.25) is 4.79 Å². The average molecular weight is 242 g/mol. The van der Waals surface area contributed by atoms with E-state index in [0.29, 0.717) is 6.42 Å². The summed E-state index contributed by atoms with van der Waals surface area (Å²) in [6.45, 7) is 3.80. The number of hydrogen-bond donors (Lipinski definition) is 1. The molecule has 4 heteroatoms. The molecule has 1 unspecified atom stereocenters. The Morgan fingerprint density at radius 2 is 2.00 bits per heavy atom. The Labute approximate surface area is 99.3 Å². The summed E-state index contributed by atoms with van der Waals surface area (Å²) in [6, 6.07) is 3.11. The fraction of sp³-hybridized carbons (Fsp3) is 0.462. The topological polar surface area (TPSA) is 37.3 Å². The van der Waals surface area contributed by atoms with Gasteiger partial charge in [0.1, 0.15) is 11.6 Å². The van der Waals surface area contributed by atoms with Crippen molar-refractivity contribution >= 4 is 5.97 Å². The quantitative estimate of drug-likeness (QED) is 0.860. The number of carbonyl (C=O) groups is 1. The first-order chi connectivity index (χ1) is 7.90. The van der Waals surface area contributed by atoms with Gasteiger partial charge >= 0.3 is 5.97 Å². The minimum absolute atomic E-state index is 0.0249. The summed E-state index contributed by atoms with van der Waals surface area (Å²) in [5.74, 6) is -2.54. The Morgan fingerprint density at radius 1 is 1.35 bits per heavy atom. The molecule has 2 nitrogen and oxygen atoms in total. The summed E-state index contributed by atoms with van der Waals surface area (Å²) >= 11 is 0. The molecule has 1 N–H and O–H groups in total. The fourth-order valence-corrected chi connectivity index (χ4v) is 1.81. The molecule has 17 heavy (non-hydrogen) atoms. The van der Waals surface area contributed by atoms with Crippen LogP contribution in [0.5, 0.6) is 0 Å². The first-order valence-corrected chi connectivity index (χ1v) is 5.57. The monoisotopic (exact) mass is 242 g/mol. The number of carboxylic acids is 1. The standard InChI is InChI=1S/C13H16F2O2/c1-8(2)5-10(13(16)17)6-9-7-11(14)3-4-12(9)15/h3-4,7-8,10H,5-6H2,1-2H3,(H,16,17). The Balaban J connectivity index is 2.85. The predicted octanol–water partition coefficient (Wildman–Crippen LogP) is 3.25. The molecule has 0 aromatic heterocycles. The van der Waals surface area contributed by atoms with Crippen LogP contribution in [0, 0.1) is 23.5 Å². The van der Waals surface area contributed by atoms with Crippen molar-refractivity contribution in [2.24, 2.45) is 11.8 Å². The minimum atomic E-state index is -0.970. The van der Waals surface area contributed by atoms with Crippen LogP contribution in [0.1, 0.15) is 25.8 Å². The maximum Gasteiger partial charge on any atom is 0.306 e. The molecule has 0 amide bonds. The number of hydrogen-bond acceptors (Lipinski definition) is 1. The van der Waals surface area contributed by atoms with E-state index in [1.807, 2.05) is 13.8 Å². The number of aliphatic carboxylic acids is 1. The smallest absolute Gasteiger partial charge is 0.306 e. The van der Waals surface area contributed by atoms with E-state index in [9.17, 15) is 13.6 Å². The van der Waals surface area contributed by atoms with Crippen molar-refractivity contribution in [1.29, 1.82) is 0 Å². The third-order valence-corrected chi connectivity index (χ3v) is 2.58. The molecule has 1 aromatic carbocycles. The summed E-state index contributed by atoms with van der Waals surface area (Å²) < 4.78 is 26.3. The van der Waals surface area contributed by atoms with Crippen molar-refractivity contribution < 1.29 is 18.7 Å². The lowest BCUT2D eigenvalue weighted by atomic mass is 9.91. The molecule has 0 radical (unpaired) electrons. The molecule has 0 saturated heterocycles. The molecule has 0 spiro atoms. The van der Waals surface area contributed by atoms with Gasteiger partial charge in [-0.2, -0.15) is 0 Å². The largest absolute Gasteiger partial charge is 0.481 e. The minimum Gasteiger partial charge on any atom is -0.481 e. The average Bonchev–Trinajstić information content (AvgIpc) is 2.21. The molecule has 0 heterocycles. The van der Waals surface area contributed by atoms with Gasteiger partial charge in [-0.25, -0.2) is 8.78 Å². The predicted molar refractivity (Wildman–Crippen MR) is 60.6 cm³/mol. The van der Waals surface area contributed by atoms with Crippen LogP contribution in [0.3, 0.4) is 0 Å². The van der Waals surface area contributed by atoms with Gasteiger partial charge < -0.3 is 5.11 Å². The highest BCUT2D eigenvalue weighted by Crippen LogP contribution is 2.20. The lowest BCUT2D eigenvalue weighted by Gasteiger charge is -2.15.